The lowest BCUT2D eigenvalue weighted by molar-refractivity contribution is 0.549. The highest BCUT2D eigenvalue weighted by Crippen LogP contribution is 2.27. The fourth-order valence-corrected chi connectivity index (χ4v) is 3.86. The Hall–Kier alpha value is -0.390. The Bertz CT molecular complexity index is 527. The number of hydrogen-bond acceptors (Lipinski definition) is 2. The number of rotatable bonds is 5. The van der Waals surface area contributed by atoms with Gasteiger partial charge in [-0.1, -0.05) is 25.1 Å². The molecule has 0 aliphatic heterocycles. The predicted octanol–water partition coefficient (Wildman–Crippen LogP) is 4.86. The van der Waals surface area contributed by atoms with Crippen LogP contribution in [0.5, 0.6) is 0 Å². The summed E-state index contributed by atoms with van der Waals surface area (Å²) in [5, 5.41) is 5.90. The molecule has 2 rings (SSSR count). The van der Waals surface area contributed by atoms with Crippen molar-refractivity contribution in [1.82, 2.24) is 5.32 Å². The van der Waals surface area contributed by atoms with Crippen LogP contribution in [-0.2, 0) is 6.42 Å². The zero-order valence-corrected chi connectivity index (χ0v) is 14.6. The Morgan fingerprint density at radius 1 is 1.26 bits per heavy atom. The van der Waals surface area contributed by atoms with Crippen molar-refractivity contribution in [3.05, 3.63) is 54.8 Å². The minimum Gasteiger partial charge on any atom is -0.310 e. The first-order valence-electron chi connectivity index (χ1n) is 6.64. The van der Waals surface area contributed by atoms with Crippen molar-refractivity contribution in [1.29, 1.82) is 0 Å². The molecule has 0 bridgehead atoms. The van der Waals surface area contributed by atoms with Gasteiger partial charge in [-0.3, -0.25) is 0 Å². The third-order valence-electron chi connectivity index (χ3n) is 3.49. The molecule has 1 nitrogen and oxygen atoms in total. The quantitative estimate of drug-likeness (QED) is 0.725. The molecule has 102 valence electrons. The van der Waals surface area contributed by atoms with E-state index in [1.165, 1.54) is 25.1 Å². The summed E-state index contributed by atoms with van der Waals surface area (Å²) in [6.07, 6.45) is 1.07. The molecule has 0 radical (unpaired) electrons. The molecule has 0 fully saturated rings. The summed E-state index contributed by atoms with van der Waals surface area (Å²) < 4.78 is 1.36. The van der Waals surface area contributed by atoms with E-state index in [2.05, 4.69) is 78.3 Å². The topological polar surface area (TPSA) is 12.0 Å². The Morgan fingerprint density at radius 3 is 2.47 bits per heavy atom. The smallest absolute Gasteiger partial charge is 0.0656 e. The second-order valence-electron chi connectivity index (χ2n) is 4.87. The highest BCUT2D eigenvalue weighted by Gasteiger charge is 2.15. The number of thiophene rings is 1. The molecule has 1 heterocycles. The molecular weight excluding hydrogens is 365 g/mol. The van der Waals surface area contributed by atoms with Crippen LogP contribution in [0.25, 0.3) is 0 Å². The first kappa shape index (κ1) is 15.0. The second-order valence-corrected chi connectivity index (χ2v) is 7.67. The fourth-order valence-electron chi connectivity index (χ4n) is 2.44. The van der Waals surface area contributed by atoms with Crippen LogP contribution in [0.3, 0.4) is 0 Å². The molecule has 1 unspecified atom stereocenters. The standard InChI is InChI=1S/C16H20INS/c1-4-18-15(13-8-16(17)19-10-13)9-14-11(2)6-5-7-12(14)3/h5-8,10,15,18H,4,9H2,1-3H3. The first-order valence-corrected chi connectivity index (χ1v) is 8.60. The number of likely N-dealkylation sites (N-methyl/N-ethyl adjacent to an activating group) is 1. The third-order valence-corrected chi connectivity index (χ3v) is 5.30. The van der Waals surface area contributed by atoms with Crippen LogP contribution in [0.4, 0.5) is 0 Å². The molecule has 1 atom stereocenters. The summed E-state index contributed by atoms with van der Waals surface area (Å²) in [7, 11) is 0. The molecule has 2 aromatic rings. The van der Waals surface area contributed by atoms with E-state index in [9.17, 15) is 0 Å². The maximum absolute atomic E-state index is 3.62. The van der Waals surface area contributed by atoms with Gasteiger partial charge in [-0.25, -0.2) is 0 Å². The van der Waals surface area contributed by atoms with Gasteiger partial charge in [0, 0.05) is 6.04 Å². The van der Waals surface area contributed by atoms with Crippen molar-refractivity contribution in [2.45, 2.75) is 33.2 Å². The van der Waals surface area contributed by atoms with Crippen molar-refractivity contribution in [2.24, 2.45) is 0 Å². The maximum atomic E-state index is 3.62. The van der Waals surface area contributed by atoms with Gasteiger partial charge in [-0.15, -0.1) is 11.3 Å². The molecule has 0 spiro atoms. The summed E-state index contributed by atoms with van der Waals surface area (Å²) in [5.41, 5.74) is 5.69. The van der Waals surface area contributed by atoms with Gasteiger partial charge >= 0.3 is 0 Å². The first-order chi connectivity index (χ1) is 9.11. The lowest BCUT2D eigenvalue weighted by Crippen LogP contribution is -2.23. The predicted molar refractivity (Wildman–Crippen MR) is 93.1 cm³/mol. The van der Waals surface area contributed by atoms with E-state index in [1.807, 2.05) is 11.3 Å². The van der Waals surface area contributed by atoms with Crippen molar-refractivity contribution >= 4 is 33.9 Å². The van der Waals surface area contributed by atoms with Crippen LogP contribution in [0.1, 0.15) is 35.2 Å². The highest BCUT2D eigenvalue weighted by atomic mass is 127. The van der Waals surface area contributed by atoms with Gasteiger partial charge in [0.2, 0.25) is 0 Å². The van der Waals surface area contributed by atoms with E-state index in [-0.39, 0.29) is 0 Å². The van der Waals surface area contributed by atoms with Gasteiger partial charge in [0.1, 0.15) is 0 Å². The highest BCUT2D eigenvalue weighted by molar-refractivity contribution is 14.1. The minimum atomic E-state index is 0.421. The Balaban J connectivity index is 2.26. The minimum absolute atomic E-state index is 0.421. The number of halogens is 1. The Kier molecular flexibility index (Phi) is 5.42. The lowest BCUT2D eigenvalue weighted by Gasteiger charge is -2.19. The van der Waals surface area contributed by atoms with E-state index >= 15 is 0 Å². The summed E-state index contributed by atoms with van der Waals surface area (Å²) >= 11 is 4.22. The van der Waals surface area contributed by atoms with Crippen molar-refractivity contribution in [2.75, 3.05) is 6.54 Å². The molecule has 0 aliphatic carbocycles. The number of benzene rings is 1. The van der Waals surface area contributed by atoms with E-state index in [0.29, 0.717) is 6.04 Å². The van der Waals surface area contributed by atoms with Gasteiger partial charge in [-0.05, 0) is 83.1 Å². The molecule has 1 aromatic heterocycles. The lowest BCUT2D eigenvalue weighted by atomic mass is 9.94. The van der Waals surface area contributed by atoms with Gasteiger partial charge in [0.25, 0.3) is 0 Å². The summed E-state index contributed by atoms with van der Waals surface area (Å²) in [4.78, 5) is 0. The number of nitrogens with one attached hydrogen (secondary N) is 1. The number of aryl methyl sites for hydroxylation is 2. The molecule has 0 saturated carbocycles. The Labute approximate surface area is 133 Å². The maximum Gasteiger partial charge on any atom is 0.0656 e. The average molecular weight is 385 g/mol. The largest absolute Gasteiger partial charge is 0.310 e. The van der Waals surface area contributed by atoms with Crippen LogP contribution in [0.2, 0.25) is 0 Å². The van der Waals surface area contributed by atoms with Gasteiger partial charge < -0.3 is 5.32 Å². The van der Waals surface area contributed by atoms with Gasteiger partial charge in [0.05, 0.1) is 2.88 Å². The molecule has 1 aromatic carbocycles. The Morgan fingerprint density at radius 2 is 1.95 bits per heavy atom. The summed E-state index contributed by atoms with van der Waals surface area (Å²) in [5.74, 6) is 0. The molecular formula is C16H20INS. The van der Waals surface area contributed by atoms with Crippen LogP contribution < -0.4 is 5.32 Å². The monoisotopic (exact) mass is 385 g/mol. The summed E-state index contributed by atoms with van der Waals surface area (Å²) in [6.45, 7) is 7.60. The van der Waals surface area contributed by atoms with E-state index in [0.717, 1.165) is 13.0 Å². The van der Waals surface area contributed by atoms with Gasteiger partial charge in [0.15, 0.2) is 0 Å². The SMILES string of the molecule is CCNC(Cc1c(C)cccc1C)c1csc(I)c1. The van der Waals surface area contributed by atoms with Gasteiger partial charge in [-0.2, -0.15) is 0 Å². The van der Waals surface area contributed by atoms with Crippen LogP contribution in [0.15, 0.2) is 29.6 Å². The third kappa shape index (κ3) is 3.80. The van der Waals surface area contributed by atoms with Crippen LogP contribution in [-0.4, -0.2) is 6.54 Å². The molecule has 3 heteroatoms. The van der Waals surface area contributed by atoms with E-state index in [1.54, 1.807) is 0 Å². The molecule has 19 heavy (non-hydrogen) atoms. The molecule has 1 N–H and O–H groups in total. The van der Waals surface area contributed by atoms with Crippen molar-refractivity contribution in [3.63, 3.8) is 0 Å². The molecule has 0 aliphatic rings. The molecule has 0 amide bonds. The number of hydrogen-bond donors (Lipinski definition) is 1. The average Bonchev–Trinajstić information content (AvgIpc) is 2.79. The molecule has 0 saturated heterocycles. The van der Waals surface area contributed by atoms with E-state index in [4.69, 9.17) is 0 Å². The summed E-state index contributed by atoms with van der Waals surface area (Å²) in [6, 6.07) is 9.28. The zero-order chi connectivity index (χ0) is 13.8. The second kappa shape index (κ2) is 6.86. The van der Waals surface area contributed by atoms with E-state index < -0.39 is 0 Å². The normalized spacial score (nSPS) is 12.6. The van der Waals surface area contributed by atoms with Crippen molar-refractivity contribution < 1.29 is 0 Å². The van der Waals surface area contributed by atoms with Crippen molar-refractivity contribution in [3.8, 4) is 0 Å². The zero-order valence-electron chi connectivity index (χ0n) is 11.7. The van der Waals surface area contributed by atoms with Crippen LogP contribution in [0, 0.1) is 16.7 Å². The fraction of sp³-hybridized carbons (Fsp3) is 0.375. The van der Waals surface area contributed by atoms with Crippen LogP contribution >= 0.6 is 33.9 Å².